The molecule has 0 aromatic carbocycles. The number of rotatable bonds is 1. The maximum atomic E-state index is 12.5. The Labute approximate surface area is 151 Å². The second-order valence-corrected chi connectivity index (χ2v) is 8.09. The van der Waals surface area contributed by atoms with Gasteiger partial charge in [0.2, 0.25) is 5.95 Å². The number of nitrogens with zero attached hydrogens (tertiary/aromatic N) is 5. The number of amides is 1. The van der Waals surface area contributed by atoms with Crippen molar-refractivity contribution in [3.8, 4) is 0 Å². The number of anilines is 2. The number of carbonyl (C=O) groups excluding carboxylic acids is 1. The van der Waals surface area contributed by atoms with Gasteiger partial charge in [0.05, 0.1) is 11.6 Å². The smallest absolute Gasteiger partial charge is 0.410 e. The minimum atomic E-state index is -0.509. The normalized spacial score (nSPS) is 21.6. The van der Waals surface area contributed by atoms with Gasteiger partial charge in [-0.1, -0.05) is 0 Å². The van der Waals surface area contributed by atoms with Gasteiger partial charge < -0.3 is 20.3 Å². The predicted molar refractivity (Wildman–Crippen MR) is 98.8 cm³/mol. The van der Waals surface area contributed by atoms with Crippen molar-refractivity contribution in [2.24, 2.45) is 0 Å². The first kappa shape index (κ1) is 17.7. The molecule has 9 heteroatoms. The van der Waals surface area contributed by atoms with E-state index in [4.69, 9.17) is 10.5 Å². The molecule has 25 heavy (non-hydrogen) atoms. The molecule has 1 saturated heterocycles. The Balaban J connectivity index is 1.85. The van der Waals surface area contributed by atoms with Gasteiger partial charge in [-0.3, -0.25) is 0 Å². The Bertz CT molecular complexity index is 787. The van der Waals surface area contributed by atoms with Crippen LogP contribution in [0.25, 0.3) is 10.3 Å². The van der Waals surface area contributed by atoms with E-state index in [-0.39, 0.29) is 24.1 Å². The van der Waals surface area contributed by atoms with Crippen LogP contribution in [0.1, 0.15) is 34.6 Å². The highest BCUT2D eigenvalue weighted by Crippen LogP contribution is 2.30. The van der Waals surface area contributed by atoms with E-state index in [9.17, 15) is 4.79 Å². The van der Waals surface area contributed by atoms with Crippen LogP contribution in [0.2, 0.25) is 0 Å². The number of fused-ring (bicyclic) bond motifs is 1. The van der Waals surface area contributed by atoms with Crippen LogP contribution in [0.4, 0.5) is 16.6 Å². The molecule has 2 N–H and O–H groups in total. The third-order valence-electron chi connectivity index (χ3n) is 4.36. The molecule has 0 aliphatic carbocycles. The standard InChI is InChI=1S/C16H24N6O2S/c1-9-10(2)22(15(23)24-16(3,4)5)7-6-21(9)12-11-13(25-8-18-11)20-14(17)19-12/h8-10H,6-7H2,1-5H3,(H2,17,19,20). The molecular weight excluding hydrogens is 340 g/mol. The Morgan fingerprint density at radius 3 is 2.68 bits per heavy atom. The molecule has 2 unspecified atom stereocenters. The van der Waals surface area contributed by atoms with Crippen molar-refractivity contribution in [1.82, 2.24) is 19.9 Å². The van der Waals surface area contributed by atoms with Crippen molar-refractivity contribution >= 4 is 39.5 Å². The third kappa shape index (κ3) is 3.46. The van der Waals surface area contributed by atoms with E-state index in [0.717, 1.165) is 16.2 Å². The van der Waals surface area contributed by atoms with Crippen molar-refractivity contribution in [2.45, 2.75) is 52.3 Å². The quantitative estimate of drug-likeness (QED) is 0.830. The van der Waals surface area contributed by atoms with E-state index in [1.807, 2.05) is 27.7 Å². The number of aromatic nitrogens is 3. The van der Waals surface area contributed by atoms with Crippen LogP contribution in [-0.4, -0.2) is 56.7 Å². The average molecular weight is 364 g/mol. The lowest BCUT2D eigenvalue weighted by atomic mass is 10.1. The van der Waals surface area contributed by atoms with Gasteiger partial charge in [-0.2, -0.15) is 4.98 Å². The fourth-order valence-electron chi connectivity index (χ4n) is 2.98. The zero-order valence-corrected chi connectivity index (χ0v) is 16.0. The lowest BCUT2D eigenvalue weighted by molar-refractivity contribution is 0.0120. The number of ether oxygens (including phenoxy) is 1. The largest absolute Gasteiger partial charge is 0.444 e. The monoisotopic (exact) mass is 364 g/mol. The molecule has 0 bridgehead atoms. The van der Waals surface area contributed by atoms with E-state index in [1.165, 1.54) is 11.3 Å². The summed E-state index contributed by atoms with van der Waals surface area (Å²) in [6.07, 6.45) is -0.285. The molecule has 0 spiro atoms. The molecule has 8 nitrogen and oxygen atoms in total. The van der Waals surface area contributed by atoms with Crippen molar-refractivity contribution in [2.75, 3.05) is 23.7 Å². The first-order chi connectivity index (χ1) is 11.7. The van der Waals surface area contributed by atoms with Gasteiger partial charge in [0.1, 0.15) is 11.1 Å². The Morgan fingerprint density at radius 2 is 2.00 bits per heavy atom. The summed E-state index contributed by atoms with van der Waals surface area (Å²) in [5.41, 5.74) is 7.85. The summed E-state index contributed by atoms with van der Waals surface area (Å²) >= 11 is 1.44. The molecule has 0 saturated carbocycles. The number of nitrogens with two attached hydrogens (primary N) is 1. The number of hydrogen-bond acceptors (Lipinski definition) is 8. The minimum Gasteiger partial charge on any atom is -0.444 e. The predicted octanol–water partition coefficient (Wildman–Crippen LogP) is 2.50. The molecule has 2 aromatic heterocycles. The zero-order valence-electron chi connectivity index (χ0n) is 15.2. The van der Waals surface area contributed by atoms with Gasteiger partial charge in [0.15, 0.2) is 10.6 Å². The zero-order chi connectivity index (χ0) is 18.4. The van der Waals surface area contributed by atoms with Crippen LogP contribution in [0, 0.1) is 0 Å². The number of piperazine rings is 1. The Morgan fingerprint density at radius 1 is 1.28 bits per heavy atom. The summed E-state index contributed by atoms with van der Waals surface area (Å²) in [5, 5.41) is 0. The van der Waals surface area contributed by atoms with E-state index >= 15 is 0 Å². The minimum absolute atomic E-state index is 0.0338. The summed E-state index contributed by atoms with van der Waals surface area (Å²) in [6.45, 7) is 10.9. The second-order valence-electron chi connectivity index (χ2n) is 7.26. The van der Waals surface area contributed by atoms with Gasteiger partial charge in [-0.25, -0.2) is 14.8 Å². The Kier molecular flexibility index (Phi) is 4.44. The molecule has 136 valence electrons. The fraction of sp³-hybridized carbons (Fsp3) is 0.625. The van der Waals surface area contributed by atoms with E-state index in [0.29, 0.717) is 13.1 Å². The van der Waals surface area contributed by atoms with Gasteiger partial charge in [-0.15, -0.1) is 11.3 Å². The van der Waals surface area contributed by atoms with Crippen molar-refractivity contribution in [3.05, 3.63) is 5.51 Å². The molecule has 1 amide bonds. The lowest BCUT2D eigenvalue weighted by Crippen LogP contribution is -2.60. The molecular formula is C16H24N6O2S. The molecule has 0 radical (unpaired) electrons. The molecule has 2 aromatic rings. The van der Waals surface area contributed by atoms with Crippen LogP contribution in [0.3, 0.4) is 0 Å². The summed E-state index contributed by atoms with van der Waals surface area (Å²) in [4.78, 5) is 30.2. The van der Waals surface area contributed by atoms with Crippen LogP contribution >= 0.6 is 11.3 Å². The average Bonchev–Trinajstić information content (AvgIpc) is 2.95. The van der Waals surface area contributed by atoms with Crippen LogP contribution in [0.5, 0.6) is 0 Å². The summed E-state index contributed by atoms with van der Waals surface area (Å²) in [6, 6.07) is 0.00828. The molecule has 1 aliphatic heterocycles. The highest BCUT2D eigenvalue weighted by Gasteiger charge is 2.37. The molecule has 2 atom stereocenters. The van der Waals surface area contributed by atoms with E-state index < -0.39 is 5.60 Å². The number of nitrogen functional groups attached to an aromatic ring is 1. The van der Waals surface area contributed by atoms with E-state index in [1.54, 1.807) is 10.4 Å². The highest BCUT2D eigenvalue weighted by atomic mass is 32.1. The Hall–Kier alpha value is -2.16. The second kappa shape index (κ2) is 6.29. The molecule has 3 heterocycles. The van der Waals surface area contributed by atoms with Gasteiger partial charge in [0, 0.05) is 19.1 Å². The lowest BCUT2D eigenvalue weighted by Gasteiger charge is -2.45. The van der Waals surface area contributed by atoms with Gasteiger partial charge in [0.25, 0.3) is 0 Å². The maximum absolute atomic E-state index is 12.5. The first-order valence-electron chi connectivity index (χ1n) is 8.30. The van der Waals surface area contributed by atoms with Crippen LogP contribution in [0.15, 0.2) is 5.51 Å². The topological polar surface area (TPSA) is 97.5 Å². The highest BCUT2D eigenvalue weighted by molar-refractivity contribution is 7.16. The number of hydrogen-bond donors (Lipinski definition) is 1. The molecule has 3 rings (SSSR count). The SMILES string of the molecule is CC1C(C)N(c2nc(N)nc3scnc23)CCN1C(=O)OC(C)(C)C. The fourth-order valence-corrected chi connectivity index (χ4v) is 3.64. The summed E-state index contributed by atoms with van der Waals surface area (Å²) in [7, 11) is 0. The first-order valence-corrected chi connectivity index (χ1v) is 9.18. The van der Waals surface area contributed by atoms with E-state index in [2.05, 4.69) is 26.8 Å². The molecule has 1 aliphatic rings. The van der Waals surface area contributed by atoms with Crippen LogP contribution in [-0.2, 0) is 4.74 Å². The molecule has 1 fully saturated rings. The van der Waals surface area contributed by atoms with Crippen molar-refractivity contribution in [1.29, 1.82) is 0 Å². The number of carbonyl (C=O) groups is 1. The number of thiazole rings is 1. The third-order valence-corrected chi connectivity index (χ3v) is 5.08. The van der Waals surface area contributed by atoms with Gasteiger partial charge >= 0.3 is 6.09 Å². The maximum Gasteiger partial charge on any atom is 0.410 e. The summed E-state index contributed by atoms with van der Waals surface area (Å²) in [5.74, 6) is 0.966. The van der Waals surface area contributed by atoms with Crippen molar-refractivity contribution in [3.63, 3.8) is 0 Å². The summed E-state index contributed by atoms with van der Waals surface area (Å²) < 4.78 is 5.53. The van der Waals surface area contributed by atoms with Gasteiger partial charge in [-0.05, 0) is 34.6 Å². The van der Waals surface area contributed by atoms with Crippen molar-refractivity contribution < 1.29 is 9.53 Å². The van der Waals surface area contributed by atoms with Crippen LogP contribution < -0.4 is 10.6 Å².